The van der Waals surface area contributed by atoms with Crippen molar-refractivity contribution < 1.29 is 0 Å². The SMILES string of the molecule is CN=C(NCC(C)N1CCN(C)CC1)N(C)Cc1ccc(C)cc1.I. The first-order valence-electron chi connectivity index (χ1n) is 8.89. The van der Waals surface area contributed by atoms with Gasteiger partial charge in [0.2, 0.25) is 0 Å². The summed E-state index contributed by atoms with van der Waals surface area (Å²) in [4.78, 5) is 11.6. The van der Waals surface area contributed by atoms with Crippen LogP contribution >= 0.6 is 24.0 Å². The summed E-state index contributed by atoms with van der Waals surface area (Å²) in [6.07, 6.45) is 0. The fourth-order valence-electron chi connectivity index (χ4n) is 3.06. The zero-order chi connectivity index (χ0) is 17.5. The van der Waals surface area contributed by atoms with Crippen LogP contribution in [0.1, 0.15) is 18.1 Å². The first-order chi connectivity index (χ1) is 11.5. The van der Waals surface area contributed by atoms with Crippen molar-refractivity contribution in [2.24, 2.45) is 4.99 Å². The Morgan fingerprint density at radius 2 is 1.80 bits per heavy atom. The van der Waals surface area contributed by atoms with E-state index in [-0.39, 0.29) is 24.0 Å². The highest BCUT2D eigenvalue weighted by atomic mass is 127. The maximum atomic E-state index is 4.44. The summed E-state index contributed by atoms with van der Waals surface area (Å²) in [6.45, 7) is 10.8. The number of aryl methyl sites for hydroxylation is 1. The topological polar surface area (TPSA) is 34.1 Å². The van der Waals surface area contributed by atoms with Gasteiger partial charge in [-0.05, 0) is 26.5 Å². The van der Waals surface area contributed by atoms with Gasteiger partial charge in [0.1, 0.15) is 0 Å². The maximum Gasteiger partial charge on any atom is 0.193 e. The van der Waals surface area contributed by atoms with E-state index in [0.29, 0.717) is 6.04 Å². The summed E-state index contributed by atoms with van der Waals surface area (Å²) in [6, 6.07) is 9.21. The van der Waals surface area contributed by atoms with E-state index in [9.17, 15) is 0 Å². The molecule has 2 rings (SSSR count). The quantitative estimate of drug-likeness (QED) is 0.416. The lowest BCUT2D eigenvalue weighted by molar-refractivity contribution is 0.119. The standard InChI is InChI=1S/C19H33N5.HI/c1-16-6-8-18(9-7-16)15-23(5)19(20-3)21-14-17(2)24-12-10-22(4)11-13-24;/h6-9,17H,10-15H2,1-5H3,(H,20,21);1H. The van der Waals surface area contributed by atoms with Crippen molar-refractivity contribution in [3.05, 3.63) is 35.4 Å². The molecule has 0 amide bonds. The Morgan fingerprint density at radius 3 is 2.36 bits per heavy atom. The third-order valence-electron chi connectivity index (χ3n) is 4.83. The fourth-order valence-corrected chi connectivity index (χ4v) is 3.06. The Bertz CT molecular complexity index is 523. The Balaban J connectivity index is 0.00000312. The van der Waals surface area contributed by atoms with Crippen LogP contribution in [-0.4, -0.2) is 80.6 Å². The van der Waals surface area contributed by atoms with E-state index in [1.807, 2.05) is 7.05 Å². The van der Waals surface area contributed by atoms with Gasteiger partial charge in [0, 0.05) is 59.4 Å². The first-order valence-corrected chi connectivity index (χ1v) is 8.89. The molecule has 1 heterocycles. The second kappa shape index (κ2) is 11.0. The van der Waals surface area contributed by atoms with Gasteiger partial charge in [-0.1, -0.05) is 29.8 Å². The van der Waals surface area contributed by atoms with Crippen molar-refractivity contribution in [1.82, 2.24) is 20.0 Å². The van der Waals surface area contributed by atoms with Gasteiger partial charge in [0.05, 0.1) is 0 Å². The van der Waals surface area contributed by atoms with Crippen LogP contribution in [0.3, 0.4) is 0 Å². The monoisotopic (exact) mass is 459 g/mol. The molecular weight excluding hydrogens is 425 g/mol. The number of piperazine rings is 1. The van der Waals surface area contributed by atoms with Crippen LogP contribution in [0.5, 0.6) is 0 Å². The number of nitrogens with one attached hydrogen (secondary N) is 1. The summed E-state index contributed by atoms with van der Waals surface area (Å²) < 4.78 is 0. The number of aliphatic imine (C=N–C) groups is 1. The molecule has 1 aromatic rings. The number of rotatable bonds is 5. The number of hydrogen-bond acceptors (Lipinski definition) is 3. The van der Waals surface area contributed by atoms with E-state index in [0.717, 1.165) is 45.2 Å². The molecule has 25 heavy (non-hydrogen) atoms. The summed E-state index contributed by atoms with van der Waals surface area (Å²) in [5, 5.41) is 3.53. The molecule has 0 bridgehead atoms. The van der Waals surface area contributed by atoms with E-state index in [1.54, 1.807) is 0 Å². The summed E-state index contributed by atoms with van der Waals surface area (Å²) >= 11 is 0. The minimum absolute atomic E-state index is 0. The largest absolute Gasteiger partial charge is 0.355 e. The van der Waals surface area contributed by atoms with Crippen LogP contribution in [0.25, 0.3) is 0 Å². The second-order valence-corrected chi connectivity index (χ2v) is 6.96. The fraction of sp³-hybridized carbons (Fsp3) is 0.632. The molecule has 0 radical (unpaired) electrons. The smallest absolute Gasteiger partial charge is 0.193 e. The number of nitrogens with zero attached hydrogens (tertiary/aromatic N) is 4. The normalized spacial score (nSPS) is 17.7. The molecule has 1 aliphatic heterocycles. The highest BCUT2D eigenvalue weighted by Gasteiger charge is 2.19. The van der Waals surface area contributed by atoms with Crippen molar-refractivity contribution in [3.63, 3.8) is 0 Å². The average molecular weight is 459 g/mol. The lowest BCUT2D eigenvalue weighted by atomic mass is 10.1. The van der Waals surface area contributed by atoms with Crippen molar-refractivity contribution in [3.8, 4) is 0 Å². The average Bonchev–Trinajstić information content (AvgIpc) is 2.58. The molecule has 0 aliphatic carbocycles. The molecule has 142 valence electrons. The Kier molecular flexibility index (Phi) is 9.74. The molecule has 1 atom stereocenters. The van der Waals surface area contributed by atoms with Crippen LogP contribution in [0.2, 0.25) is 0 Å². The predicted molar refractivity (Wildman–Crippen MR) is 118 cm³/mol. The molecule has 6 heteroatoms. The summed E-state index contributed by atoms with van der Waals surface area (Å²) in [7, 11) is 6.15. The maximum absolute atomic E-state index is 4.44. The Hall–Kier alpha value is -0.860. The minimum Gasteiger partial charge on any atom is -0.355 e. The predicted octanol–water partition coefficient (Wildman–Crippen LogP) is 2.26. The van der Waals surface area contributed by atoms with Gasteiger partial charge in [-0.25, -0.2) is 0 Å². The third-order valence-corrected chi connectivity index (χ3v) is 4.83. The summed E-state index contributed by atoms with van der Waals surface area (Å²) in [5.74, 6) is 0.955. The molecule has 1 aromatic carbocycles. The van der Waals surface area contributed by atoms with E-state index in [2.05, 4.69) is 77.2 Å². The number of hydrogen-bond donors (Lipinski definition) is 1. The van der Waals surface area contributed by atoms with Crippen molar-refractivity contribution >= 4 is 29.9 Å². The molecule has 5 nitrogen and oxygen atoms in total. The zero-order valence-electron chi connectivity index (χ0n) is 16.3. The van der Waals surface area contributed by atoms with Crippen LogP contribution < -0.4 is 5.32 Å². The molecule has 1 saturated heterocycles. The first kappa shape index (κ1) is 22.2. The van der Waals surface area contributed by atoms with Crippen LogP contribution in [0.4, 0.5) is 0 Å². The van der Waals surface area contributed by atoms with Gasteiger partial charge in [-0.3, -0.25) is 9.89 Å². The van der Waals surface area contributed by atoms with Crippen LogP contribution in [0, 0.1) is 6.92 Å². The lowest BCUT2D eigenvalue weighted by Gasteiger charge is -2.37. The molecule has 0 aromatic heterocycles. The Morgan fingerprint density at radius 1 is 1.20 bits per heavy atom. The van der Waals surface area contributed by atoms with Crippen LogP contribution in [0.15, 0.2) is 29.3 Å². The van der Waals surface area contributed by atoms with Crippen molar-refractivity contribution in [2.45, 2.75) is 26.4 Å². The molecular formula is C19H34IN5. The summed E-state index contributed by atoms with van der Waals surface area (Å²) in [5.41, 5.74) is 2.60. The van der Waals surface area contributed by atoms with Gasteiger partial charge in [-0.2, -0.15) is 0 Å². The number of guanidine groups is 1. The highest BCUT2D eigenvalue weighted by molar-refractivity contribution is 14.0. The van der Waals surface area contributed by atoms with E-state index in [4.69, 9.17) is 0 Å². The zero-order valence-corrected chi connectivity index (χ0v) is 18.7. The highest BCUT2D eigenvalue weighted by Crippen LogP contribution is 2.07. The molecule has 0 spiro atoms. The van der Waals surface area contributed by atoms with Gasteiger partial charge in [0.15, 0.2) is 5.96 Å². The molecule has 1 fully saturated rings. The van der Waals surface area contributed by atoms with Crippen molar-refractivity contribution in [1.29, 1.82) is 0 Å². The van der Waals surface area contributed by atoms with Gasteiger partial charge >= 0.3 is 0 Å². The van der Waals surface area contributed by atoms with Crippen molar-refractivity contribution in [2.75, 3.05) is 53.9 Å². The van der Waals surface area contributed by atoms with Gasteiger partial charge in [0.25, 0.3) is 0 Å². The molecule has 0 saturated carbocycles. The molecule has 1 N–H and O–H groups in total. The van der Waals surface area contributed by atoms with E-state index >= 15 is 0 Å². The van der Waals surface area contributed by atoms with Gasteiger partial charge < -0.3 is 15.1 Å². The minimum atomic E-state index is 0. The Labute approximate surface area is 170 Å². The number of benzene rings is 1. The number of likely N-dealkylation sites (N-methyl/N-ethyl adjacent to an activating group) is 1. The van der Waals surface area contributed by atoms with Crippen LogP contribution in [-0.2, 0) is 6.54 Å². The lowest BCUT2D eigenvalue weighted by Crippen LogP contribution is -2.52. The molecule has 1 unspecified atom stereocenters. The number of halogens is 1. The third kappa shape index (κ3) is 7.11. The van der Waals surface area contributed by atoms with E-state index < -0.39 is 0 Å². The molecule has 1 aliphatic rings. The second-order valence-electron chi connectivity index (χ2n) is 6.96. The van der Waals surface area contributed by atoms with E-state index in [1.165, 1.54) is 11.1 Å². The van der Waals surface area contributed by atoms with Gasteiger partial charge in [-0.15, -0.1) is 24.0 Å².